The third kappa shape index (κ3) is 3.79. The maximum atomic E-state index is 12.6. The fourth-order valence-electron chi connectivity index (χ4n) is 3.79. The molecule has 0 radical (unpaired) electrons. The molecule has 1 saturated heterocycles. The summed E-state index contributed by atoms with van der Waals surface area (Å²) in [4.78, 5) is 37.9. The summed E-state index contributed by atoms with van der Waals surface area (Å²) in [5.74, 6) is -0.923. The summed E-state index contributed by atoms with van der Waals surface area (Å²) in [7, 11) is 1.61. The van der Waals surface area contributed by atoms with Crippen LogP contribution in [0.4, 0.5) is 5.13 Å². The summed E-state index contributed by atoms with van der Waals surface area (Å²) in [5.41, 5.74) is 0.568. The summed E-state index contributed by atoms with van der Waals surface area (Å²) < 4.78 is 5.64. The topological polar surface area (TPSA) is 120 Å². The Hall–Kier alpha value is -2.17. The van der Waals surface area contributed by atoms with E-state index in [0.29, 0.717) is 49.6 Å². The molecule has 2 atom stereocenters. The molecular weight excluding hydrogens is 430 g/mol. The number of H-pyrrole nitrogens is 1. The van der Waals surface area contributed by atoms with Gasteiger partial charge in [0.2, 0.25) is 0 Å². The second-order valence-corrected chi connectivity index (χ2v) is 8.89. The number of halogens is 1. The van der Waals surface area contributed by atoms with Crippen LogP contribution in [-0.2, 0) is 21.4 Å². The molecule has 3 N–H and O–H groups in total. The van der Waals surface area contributed by atoms with Crippen molar-refractivity contribution in [2.45, 2.75) is 50.2 Å². The average molecular weight is 454 g/mol. The van der Waals surface area contributed by atoms with E-state index in [2.05, 4.69) is 25.2 Å². The molecule has 4 rings (SSSR count). The molecule has 0 bridgehead atoms. The molecular formula is C19H24ClN5O4S. The molecule has 0 spiro atoms. The molecule has 1 amide bonds. The highest BCUT2D eigenvalue weighted by atomic mass is 35.5. The lowest BCUT2D eigenvalue weighted by Gasteiger charge is -2.37. The second-order valence-electron chi connectivity index (χ2n) is 7.70. The first-order chi connectivity index (χ1) is 14.4. The Morgan fingerprint density at radius 2 is 2.23 bits per heavy atom. The maximum absolute atomic E-state index is 12.6. The van der Waals surface area contributed by atoms with E-state index in [1.54, 1.807) is 7.11 Å². The first-order valence-corrected chi connectivity index (χ1v) is 11.2. The number of ether oxygens (including phenoxy) is 1. The molecule has 2 fully saturated rings. The SMILES string of the molecule is CCc1[nH]c(C(=O)N[C@H]2CCN(c3nc(C4(C(=O)O)CC4)cs3)C[C@H]2OC)nc1Cl. The van der Waals surface area contributed by atoms with Crippen LogP contribution < -0.4 is 10.2 Å². The van der Waals surface area contributed by atoms with Gasteiger partial charge in [-0.2, -0.15) is 0 Å². The number of anilines is 1. The van der Waals surface area contributed by atoms with E-state index in [1.807, 2.05) is 12.3 Å². The fourth-order valence-corrected chi connectivity index (χ4v) is 5.02. The van der Waals surface area contributed by atoms with Crippen LogP contribution >= 0.6 is 22.9 Å². The summed E-state index contributed by atoms with van der Waals surface area (Å²) in [5, 5.41) is 15.4. The normalized spacial score (nSPS) is 22.7. The number of carboxylic acid groups (broad SMARTS) is 1. The number of aromatic nitrogens is 3. The van der Waals surface area contributed by atoms with Crippen LogP contribution in [-0.4, -0.2) is 64.3 Å². The van der Waals surface area contributed by atoms with E-state index >= 15 is 0 Å². The number of methoxy groups -OCH3 is 1. The van der Waals surface area contributed by atoms with Crippen LogP contribution in [0.15, 0.2) is 5.38 Å². The van der Waals surface area contributed by atoms with Crippen molar-refractivity contribution in [2.24, 2.45) is 0 Å². The van der Waals surface area contributed by atoms with Crippen LogP contribution in [0.5, 0.6) is 0 Å². The molecule has 1 saturated carbocycles. The van der Waals surface area contributed by atoms with E-state index in [1.165, 1.54) is 11.3 Å². The summed E-state index contributed by atoms with van der Waals surface area (Å²) in [6, 6.07) is -0.180. The van der Waals surface area contributed by atoms with Crippen molar-refractivity contribution in [2.75, 3.05) is 25.1 Å². The molecule has 11 heteroatoms. The molecule has 3 heterocycles. The zero-order chi connectivity index (χ0) is 21.5. The van der Waals surface area contributed by atoms with Crippen LogP contribution in [0.3, 0.4) is 0 Å². The van der Waals surface area contributed by atoms with E-state index in [9.17, 15) is 14.7 Å². The number of aromatic amines is 1. The number of nitrogens with zero attached hydrogens (tertiary/aromatic N) is 3. The second kappa shape index (κ2) is 8.16. The van der Waals surface area contributed by atoms with Gasteiger partial charge in [0.05, 0.1) is 23.5 Å². The molecule has 2 aliphatic rings. The van der Waals surface area contributed by atoms with Crippen molar-refractivity contribution >= 4 is 39.9 Å². The lowest BCUT2D eigenvalue weighted by Crippen LogP contribution is -2.55. The van der Waals surface area contributed by atoms with Crippen molar-refractivity contribution in [1.82, 2.24) is 20.3 Å². The van der Waals surface area contributed by atoms with Gasteiger partial charge >= 0.3 is 5.97 Å². The number of hydrogen-bond acceptors (Lipinski definition) is 7. The first-order valence-electron chi connectivity index (χ1n) is 9.90. The van der Waals surface area contributed by atoms with Crippen LogP contribution in [0, 0.1) is 0 Å². The van der Waals surface area contributed by atoms with Gasteiger partial charge in [0, 0.05) is 25.6 Å². The minimum absolute atomic E-state index is 0.180. The maximum Gasteiger partial charge on any atom is 0.315 e. The van der Waals surface area contributed by atoms with Crippen molar-refractivity contribution < 1.29 is 19.4 Å². The quantitative estimate of drug-likeness (QED) is 0.587. The zero-order valence-electron chi connectivity index (χ0n) is 16.8. The first kappa shape index (κ1) is 21.1. The van der Waals surface area contributed by atoms with E-state index in [4.69, 9.17) is 16.3 Å². The van der Waals surface area contributed by atoms with Crippen molar-refractivity contribution in [3.63, 3.8) is 0 Å². The number of piperidine rings is 1. The van der Waals surface area contributed by atoms with Gasteiger partial charge in [-0.1, -0.05) is 18.5 Å². The Morgan fingerprint density at radius 3 is 2.83 bits per heavy atom. The molecule has 162 valence electrons. The van der Waals surface area contributed by atoms with Crippen molar-refractivity contribution in [1.29, 1.82) is 0 Å². The predicted molar refractivity (Wildman–Crippen MR) is 113 cm³/mol. The highest BCUT2D eigenvalue weighted by Crippen LogP contribution is 2.49. The average Bonchev–Trinajstić information content (AvgIpc) is 3.24. The highest BCUT2D eigenvalue weighted by Gasteiger charge is 2.53. The Labute approximate surface area is 182 Å². The molecule has 9 nitrogen and oxygen atoms in total. The van der Waals surface area contributed by atoms with Crippen molar-refractivity contribution in [3.05, 3.63) is 27.7 Å². The van der Waals surface area contributed by atoms with Crippen LogP contribution in [0.1, 0.15) is 48.2 Å². The number of amides is 1. The van der Waals surface area contributed by atoms with Crippen molar-refractivity contribution in [3.8, 4) is 0 Å². The van der Waals surface area contributed by atoms with Gasteiger partial charge in [0.1, 0.15) is 5.41 Å². The number of thiazole rings is 1. The number of carbonyl (C=O) groups is 2. The molecule has 1 aliphatic carbocycles. The molecule has 0 unspecified atom stereocenters. The van der Waals surface area contributed by atoms with Gasteiger partial charge in [-0.05, 0) is 25.7 Å². The van der Waals surface area contributed by atoms with Gasteiger partial charge in [0.15, 0.2) is 16.1 Å². The smallest absolute Gasteiger partial charge is 0.315 e. The Kier molecular flexibility index (Phi) is 5.73. The standard InChI is InChI=1S/C19H24ClN5O4S/c1-3-10-14(20)24-15(21-10)16(26)22-11-4-7-25(8-12(11)29-2)18-23-13(9-30-18)19(5-6-19)17(27)28/h9,11-12H,3-8H2,1-2H3,(H,21,24)(H,22,26)(H,27,28)/t11-,12+/m0/s1. The van der Waals surface area contributed by atoms with Gasteiger partial charge in [-0.25, -0.2) is 9.97 Å². The number of carbonyl (C=O) groups excluding carboxylic acids is 1. The monoisotopic (exact) mass is 453 g/mol. The predicted octanol–water partition coefficient (Wildman–Crippen LogP) is 2.22. The number of aliphatic carboxylic acids is 1. The third-order valence-electron chi connectivity index (χ3n) is 5.89. The Morgan fingerprint density at radius 1 is 1.47 bits per heavy atom. The number of nitrogens with one attached hydrogen (secondary N) is 2. The molecule has 2 aromatic rings. The number of carboxylic acids is 1. The lowest BCUT2D eigenvalue weighted by molar-refractivity contribution is -0.140. The molecule has 0 aromatic carbocycles. The van der Waals surface area contributed by atoms with Gasteiger partial charge in [-0.15, -0.1) is 11.3 Å². The van der Waals surface area contributed by atoms with E-state index < -0.39 is 11.4 Å². The van der Waals surface area contributed by atoms with Gasteiger partial charge < -0.3 is 25.0 Å². The van der Waals surface area contributed by atoms with Crippen LogP contribution in [0.25, 0.3) is 0 Å². The van der Waals surface area contributed by atoms with Gasteiger partial charge in [-0.3, -0.25) is 9.59 Å². The largest absolute Gasteiger partial charge is 0.481 e. The van der Waals surface area contributed by atoms with Gasteiger partial charge in [0.25, 0.3) is 5.91 Å². The number of hydrogen-bond donors (Lipinski definition) is 3. The fraction of sp³-hybridized carbons (Fsp3) is 0.579. The minimum Gasteiger partial charge on any atom is -0.481 e. The summed E-state index contributed by atoms with van der Waals surface area (Å²) in [6.45, 7) is 3.16. The summed E-state index contributed by atoms with van der Waals surface area (Å²) in [6.07, 6.45) is 2.36. The number of rotatable bonds is 7. The zero-order valence-corrected chi connectivity index (χ0v) is 18.3. The summed E-state index contributed by atoms with van der Waals surface area (Å²) >= 11 is 7.49. The highest BCUT2D eigenvalue weighted by molar-refractivity contribution is 7.13. The Bertz CT molecular complexity index is 957. The molecule has 30 heavy (non-hydrogen) atoms. The van der Waals surface area contributed by atoms with E-state index in [0.717, 1.165) is 10.8 Å². The Balaban J connectivity index is 1.41. The van der Waals surface area contributed by atoms with Crippen LogP contribution in [0.2, 0.25) is 5.15 Å². The van der Waals surface area contributed by atoms with E-state index in [-0.39, 0.29) is 23.9 Å². The number of imidazole rings is 1. The molecule has 1 aliphatic heterocycles. The molecule has 2 aromatic heterocycles. The number of aryl methyl sites for hydroxylation is 1. The lowest BCUT2D eigenvalue weighted by atomic mass is 10.0. The third-order valence-corrected chi connectivity index (χ3v) is 7.10. The minimum atomic E-state index is -0.806.